The Morgan fingerprint density at radius 3 is 2.62 bits per heavy atom. The number of hydrogen-bond acceptors (Lipinski definition) is 2. The zero-order chi connectivity index (χ0) is 14.7. The van der Waals surface area contributed by atoms with Crippen molar-refractivity contribution in [3.8, 4) is 0 Å². The Labute approximate surface area is 131 Å². The lowest BCUT2D eigenvalue weighted by atomic mass is 10.1. The molecule has 0 aliphatic carbocycles. The quantitative estimate of drug-likeness (QED) is 0.867. The molecule has 1 aliphatic rings. The third-order valence-electron chi connectivity index (χ3n) is 4.18. The van der Waals surface area contributed by atoms with E-state index in [0.717, 1.165) is 22.8 Å². The lowest BCUT2D eigenvalue weighted by molar-refractivity contribution is 0.949. The van der Waals surface area contributed by atoms with Crippen molar-refractivity contribution in [3.63, 3.8) is 0 Å². The first-order valence-electron chi connectivity index (χ1n) is 7.57. The smallest absolute Gasteiger partial charge is 0.0455 e. The number of para-hydroxylation sites is 1. The Morgan fingerprint density at radius 2 is 1.81 bits per heavy atom. The fourth-order valence-corrected chi connectivity index (χ4v) is 3.09. The van der Waals surface area contributed by atoms with Crippen LogP contribution in [-0.2, 0) is 6.54 Å². The van der Waals surface area contributed by atoms with Gasteiger partial charge in [0.2, 0.25) is 0 Å². The van der Waals surface area contributed by atoms with E-state index in [0.29, 0.717) is 0 Å². The van der Waals surface area contributed by atoms with Crippen LogP contribution in [0.1, 0.15) is 24.0 Å². The molecule has 0 saturated carbocycles. The molecule has 21 heavy (non-hydrogen) atoms. The lowest BCUT2D eigenvalue weighted by Crippen LogP contribution is -2.20. The highest BCUT2D eigenvalue weighted by Gasteiger charge is 2.15. The normalized spacial score (nSPS) is 14.5. The predicted octanol–water partition coefficient (Wildman–Crippen LogP) is 4.86. The van der Waals surface area contributed by atoms with E-state index in [1.807, 2.05) is 12.1 Å². The summed E-state index contributed by atoms with van der Waals surface area (Å²) < 4.78 is 0. The van der Waals surface area contributed by atoms with Gasteiger partial charge >= 0.3 is 0 Å². The van der Waals surface area contributed by atoms with Gasteiger partial charge in [0.05, 0.1) is 0 Å². The molecule has 0 spiro atoms. The molecule has 3 heteroatoms. The summed E-state index contributed by atoms with van der Waals surface area (Å²) in [5, 5.41) is 4.34. The van der Waals surface area contributed by atoms with Gasteiger partial charge in [0.15, 0.2) is 0 Å². The monoisotopic (exact) mass is 300 g/mol. The van der Waals surface area contributed by atoms with Crippen LogP contribution in [0.4, 0.5) is 11.4 Å². The average Bonchev–Trinajstić information content (AvgIpc) is 3.03. The Balaban J connectivity index is 1.77. The maximum atomic E-state index is 6.18. The first-order valence-corrected chi connectivity index (χ1v) is 7.95. The van der Waals surface area contributed by atoms with Crippen molar-refractivity contribution in [3.05, 3.63) is 58.6 Å². The molecular formula is C18H21ClN2. The van der Waals surface area contributed by atoms with E-state index in [1.54, 1.807) is 0 Å². The van der Waals surface area contributed by atoms with Gasteiger partial charge in [-0.1, -0.05) is 35.9 Å². The van der Waals surface area contributed by atoms with Crippen molar-refractivity contribution < 1.29 is 0 Å². The third kappa shape index (κ3) is 3.16. The molecule has 1 N–H and O–H groups in total. The molecule has 0 atom stereocenters. The van der Waals surface area contributed by atoms with Gasteiger partial charge in [0, 0.05) is 36.0 Å². The average molecular weight is 301 g/mol. The SMILES string of the molecule is Cc1c(Cl)cccc1NCc1ccccc1N1CCCC1. The highest BCUT2D eigenvalue weighted by molar-refractivity contribution is 6.31. The van der Waals surface area contributed by atoms with E-state index >= 15 is 0 Å². The Hall–Kier alpha value is -1.67. The Kier molecular flexibility index (Phi) is 4.35. The van der Waals surface area contributed by atoms with Crippen LogP contribution >= 0.6 is 11.6 Å². The Bertz CT molecular complexity index is 618. The van der Waals surface area contributed by atoms with Gasteiger partial charge in [-0.25, -0.2) is 0 Å². The van der Waals surface area contributed by atoms with Crippen molar-refractivity contribution in [1.82, 2.24) is 0 Å². The molecule has 2 nitrogen and oxygen atoms in total. The largest absolute Gasteiger partial charge is 0.381 e. The molecule has 0 bridgehead atoms. The van der Waals surface area contributed by atoms with Crippen LogP contribution in [0, 0.1) is 6.92 Å². The van der Waals surface area contributed by atoms with Gasteiger partial charge in [-0.05, 0) is 49.1 Å². The minimum absolute atomic E-state index is 0.813. The maximum absolute atomic E-state index is 6.18. The van der Waals surface area contributed by atoms with E-state index in [2.05, 4.69) is 47.5 Å². The predicted molar refractivity (Wildman–Crippen MR) is 91.4 cm³/mol. The van der Waals surface area contributed by atoms with Gasteiger partial charge in [-0.2, -0.15) is 0 Å². The minimum atomic E-state index is 0.813. The summed E-state index contributed by atoms with van der Waals surface area (Å²) in [7, 11) is 0. The molecule has 3 rings (SSSR count). The Morgan fingerprint density at radius 1 is 1.05 bits per heavy atom. The molecule has 0 amide bonds. The van der Waals surface area contributed by atoms with Crippen molar-refractivity contribution in [1.29, 1.82) is 0 Å². The second-order valence-electron chi connectivity index (χ2n) is 5.59. The molecule has 2 aromatic carbocycles. The van der Waals surface area contributed by atoms with Crippen LogP contribution in [0.25, 0.3) is 0 Å². The number of anilines is 2. The van der Waals surface area contributed by atoms with Crippen LogP contribution in [0.2, 0.25) is 5.02 Å². The van der Waals surface area contributed by atoms with Crippen LogP contribution in [0.15, 0.2) is 42.5 Å². The molecule has 0 radical (unpaired) electrons. The first-order chi connectivity index (χ1) is 10.3. The van der Waals surface area contributed by atoms with Crippen molar-refractivity contribution in [2.45, 2.75) is 26.3 Å². The third-order valence-corrected chi connectivity index (χ3v) is 4.58. The highest BCUT2D eigenvalue weighted by atomic mass is 35.5. The van der Waals surface area contributed by atoms with E-state index < -0.39 is 0 Å². The summed E-state index contributed by atoms with van der Waals surface area (Å²) in [5.74, 6) is 0. The fraction of sp³-hybridized carbons (Fsp3) is 0.333. The summed E-state index contributed by atoms with van der Waals surface area (Å²) in [6, 6.07) is 14.7. The van der Waals surface area contributed by atoms with Crippen molar-refractivity contribution in [2.75, 3.05) is 23.3 Å². The maximum Gasteiger partial charge on any atom is 0.0455 e. The van der Waals surface area contributed by atoms with E-state index in [-0.39, 0.29) is 0 Å². The molecule has 110 valence electrons. The molecule has 1 aliphatic heterocycles. The molecule has 0 unspecified atom stereocenters. The summed E-state index contributed by atoms with van der Waals surface area (Å²) in [5.41, 5.74) is 4.93. The molecular weight excluding hydrogens is 280 g/mol. The van der Waals surface area contributed by atoms with Gasteiger partial charge in [0.25, 0.3) is 0 Å². The topological polar surface area (TPSA) is 15.3 Å². The minimum Gasteiger partial charge on any atom is -0.381 e. The molecule has 1 fully saturated rings. The zero-order valence-electron chi connectivity index (χ0n) is 12.4. The van der Waals surface area contributed by atoms with Gasteiger partial charge in [-0.3, -0.25) is 0 Å². The second kappa shape index (κ2) is 6.40. The van der Waals surface area contributed by atoms with Crippen LogP contribution < -0.4 is 10.2 Å². The van der Waals surface area contributed by atoms with Crippen molar-refractivity contribution >= 4 is 23.0 Å². The molecule has 2 aromatic rings. The van der Waals surface area contributed by atoms with E-state index in [1.165, 1.54) is 37.2 Å². The van der Waals surface area contributed by atoms with Crippen LogP contribution in [-0.4, -0.2) is 13.1 Å². The van der Waals surface area contributed by atoms with Crippen LogP contribution in [0.3, 0.4) is 0 Å². The molecule has 1 heterocycles. The summed E-state index contributed by atoms with van der Waals surface area (Å²) in [6.07, 6.45) is 2.60. The number of nitrogens with zero attached hydrogens (tertiary/aromatic N) is 1. The fourth-order valence-electron chi connectivity index (χ4n) is 2.92. The number of hydrogen-bond donors (Lipinski definition) is 1. The summed E-state index contributed by atoms with van der Waals surface area (Å²) >= 11 is 6.18. The lowest BCUT2D eigenvalue weighted by Gasteiger charge is -2.22. The van der Waals surface area contributed by atoms with Gasteiger partial charge in [0.1, 0.15) is 0 Å². The van der Waals surface area contributed by atoms with Crippen molar-refractivity contribution in [2.24, 2.45) is 0 Å². The highest BCUT2D eigenvalue weighted by Crippen LogP contribution is 2.27. The second-order valence-corrected chi connectivity index (χ2v) is 6.00. The number of rotatable bonds is 4. The zero-order valence-corrected chi connectivity index (χ0v) is 13.2. The number of halogens is 1. The number of benzene rings is 2. The summed E-state index contributed by atoms with van der Waals surface area (Å²) in [6.45, 7) is 5.23. The standard InChI is InChI=1S/C18H21ClN2/c1-14-16(19)8-6-9-17(14)20-13-15-7-2-3-10-18(15)21-11-4-5-12-21/h2-3,6-10,20H,4-5,11-13H2,1H3. The van der Waals surface area contributed by atoms with Gasteiger partial charge < -0.3 is 10.2 Å². The van der Waals surface area contributed by atoms with Gasteiger partial charge in [-0.15, -0.1) is 0 Å². The summed E-state index contributed by atoms with van der Waals surface area (Å²) in [4.78, 5) is 2.49. The first kappa shape index (κ1) is 14.3. The molecule has 0 aromatic heterocycles. The van der Waals surface area contributed by atoms with E-state index in [9.17, 15) is 0 Å². The molecule has 1 saturated heterocycles. The van der Waals surface area contributed by atoms with E-state index in [4.69, 9.17) is 11.6 Å². The van der Waals surface area contributed by atoms with Crippen LogP contribution in [0.5, 0.6) is 0 Å². The number of nitrogens with one attached hydrogen (secondary N) is 1.